The van der Waals surface area contributed by atoms with Crippen LogP contribution < -0.4 is 0 Å². The van der Waals surface area contributed by atoms with Crippen molar-refractivity contribution in [3.63, 3.8) is 0 Å². The van der Waals surface area contributed by atoms with E-state index in [1.807, 2.05) is 5.57 Å². The van der Waals surface area contributed by atoms with Crippen LogP contribution in [0.15, 0.2) is 35.5 Å². The average Bonchev–Trinajstić information content (AvgIpc) is 2.86. The van der Waals surface area contributed by atoms with Gasteiger partial charge in [-0.3, -0.25) is 0 Å². The summed E-state index contributed by atoms with van der Waals surface area (Å²) in [6, 6.07) is 0. The number of hydrogen-bond acceptors (Lipinski definition) is 0. The monoisotopic (exact) mass is 226 g/mol. The van der Waals surface area contributed by atoms with Crippen LogP contribution in [0.1, 0.15) is 44.9 Å². The second-order valence-corrected chi connectivity index (χ2v) is 6.37. The summed E-state index contributed by atoms with van der Waals surface area (Å²) in [5.41, 5.74) is 3.59. The van der Waals surface area contributed by atoms with Crippen LogP contribution in [0.3, 0.4) is 0 Å². The van der Waals surface area contributed by atoms with Crippen LogP contribution >= 0.6 is 0 Å². The molecule has 0 saturated heterocycles. The molecule has 0 unspecified atom stereocenters. The van der Waals surface area contributed by atoms with Crippen LogP contribution in [-0.4, -0.2) is 0 Å². The zero-order chi connectivity index (χ0) is 11.2. The molecule has 0 amide bonds. The molecule has 17 heavy (non-hydrogen) atoms. The van der Waals surface area contributed by atoms with Gasteiger partial charge in [-0.1, -0.05) is 29.9 Å². The van der Waals surface area contributed by atoms with Gasteiger partial charge in [-0.15, -0.1) is 0 Å². The van der Waals surface area contributed by atoms with Gasteiger partial charge in [0.2, 0.25) is 0 Å². The molecule has 0 spiro atoms. The molecule has 0 N–H and O–H groups in total. The quantitative estimate of drug-likeness (QED) is 0.528. The molecule has 0 aromatic rings. The van der Waals surface area contributed by atoms with E-state index in [4.69, 9.17) is 0 Å². The summed E-state index contributed by atoms with van der Waals surface area (Å²) in [6.07, 6.45) is 19.6. The number of hydrogen-bond donors (Lipinski definition) is 0. The first kappa shape index (κ1) is 10.2. The van der Waals surface area contributed by atoms with E-state index in [1.54, 1.807) is 5.57 Å². The minimum absolute atomic E-state index is 0.942. The fraction of sp³-hybridized carbons (Fsp3) is 0.647. The van der Waals surface area contributed by atoms with E-state index in [9.17, 15) is 0 Å². The lowest BCUT2D eigenvalue weighted by Gasteiger charge is -2.45. The van der Waals surface area contributed by atoms with E-state index in [0.717, 1.165) is 23.7 Å². The summed E-state index contributed by atoms with van der Waals surface area (Å²) in [7, 11) is 0. The van der Waals surface area contributed by atoms with Crippen LogP contribution in [0.25, 0.3) is 0 Å². The van der Waals surface area contributed by atoms with Crippen LogP contribution in [-0.2, 0) is 0 Å². The summed E-state index contributed by atoms with van der Waals surface area (Å²) in [4.78, 5) is 0. The Morgan fingerprint density at radius 1 is 0.941 bits per heavy atom. The van der Waals surface area contributed by atoms with Gasteiger partial charge in [0.25, 0.3) is 0 Å². The third-order valence-corrected chi connectivity index (χ3v) is 5.73. The van der Waals surface area contributed by atoms with Crippen LogP contribution in [0.4, 0.5) is 0 Å². The fourth-order valence-corrected chi connectivity index (χ4v) is 4.98. The zero-order valence-corrected chi connectivity index (χ0v) is 10.6. The Balaban J connectivity index is 1.67. The van der Waals surface area contributed by atoms with Gasteiger partial charge in [-0.05, 0) is 74.2 Å². The third-order valence-electron chi connectivity index (χ3n) is 5.73. The van der Waals surface area contributed by atoms with Crippen molar-refractivity contribution in [1.82, 2.24) is 0 Å². The molecular formula is C17H22. The Bertz CT molecular complexity index is 410. The summed E-state index contributed by atoms with van der Waals surface area (Å²) >= 11 is 0. The summed E-state index contributed by atoms with van der Waals surface area (Å²) in [5, 5.41) is 0. The lowest BCUT2D eigenvalue weighted by Crippen LogP contribution is -2.36. The Morgan fingerprint density at radius 2 is 1.94 bits per heavy atom. The smallest absolute Gasteiger partial charge is 0.0166 e. The molecule has 0 radical (unpaired) electrons. The molecule has 0 aromatic heterocycles. The number of allylic oxidation sites excluding steroid dienone is 6. The molecule has 1 fully saturated rings. The Hall–Kier alpha value is -0.780. The normalized spacial score (nSPS) is 43.3. The van der Waals surface area contributed by atoms with E-state index < -0.39 is 0 Å². The highest BCUT2D eigenvalue weighted by molar-refractivity contribution is 5.34. The fourth-order valence-electron chi connectivity index (χ4n) is 4.98. The molecule has 0 heterocycles. The van der Waals surface area contributed by atoms with Crippen molar-refractivity contribution >= 4 is 0 Å². The second kappa shape index (κ2) is 3.86. The molecule has 0 bridgehead atoms. The topological polar surface area (TPSA) is 0 Å². The molecule has 0 aliphatic heterocycles. The van der Waals surface area contributed by atoms with Gasteiger partial charge in [0.05, 0.1) is 0 Å². The maximum Gasteiger partial charge on any atom is -0.0166 e. The summed E-state index contributed by atoms with van der Waals surface area (Å²) < 4.78 is 0. The maximum absolute atomic E-state index is 2.52. The Labute approximate surface area is 104 Å². The highest BCUT2D eigenvalue weighted by Crippen LogP contribution is 2.53. The standard InChI is InChI=1S/C17H22/c1-2-6-14-12(4-1)8-10-17-15-7-3-5-13(15)9-11-16(14)17/h1,3-5,13,15-17H,2,6-11H2/t13-,15+,16+,17-/m0/s1. The molecule has 0 heteroatoms. The van der Waals surface area contributed by atoms with Gasteiger partial charge >= 0.3 is 0 Å². The first-order chi connectivity index (χ1) is 8.43. The molecule has 0 nitrogen and oxygen atoms in total. The molecule has 0 aromatic carbocycles. The van der Waals surface area contributed by atoms with Crippen molar-refractivity contribution in [1.29, 1.82) is 0 Å². The summed E-state index contributed by atoms with van der Waals surface area (Å²) in [6.45, 7) is 0. The van der Waals surface area contributed by atoms with E-state index in [2.05, 4.69) is 24.3 Å². The highest BCUT2D eigenvalue weighted by Gasteiger charge is 2.42. The van der Waals surface area contributed by atoms with Gasteiger partial charge in [0, 0.05) is 0 Å². The highest BCUT2D eigenvalue weighted by atomic mass is 14.5. The summed E-state index contributed by atoms with van der Waals surface area (Å²) in [5.74, 6) is 3.94. The molecule has 90 valence electrons. The van der Waals surface area contributed by atoms with Crippen LogP contribution in [0, 0.1) is 23.7 Å². The SMILES string of the molecule is C1=CC2=C(CC1)[C@H]1CC[C@@H]3C=CC[C@H]3[C@@H]1CC2. The van der Waals surface area contributed by atoms with Gasteiger partial charge in [0.1, 0.15) is 0 Å². The second-order valence-electron chi connectivity index (χ2n) is 6.37. The Kier molecular flexibility index (Phi) is 2.31. The van der Waals surface area contributed by atoms with Crippen molar-refractivity contribution in [2.45, 2.75) is 44.9 Å². The first-order valence-corrected chi connectivity index (χ1v) is 7.48. The van der Waals surface area contributed by atoms with Crippen molar-refractivity contribution in [2.24, 2.45) is 23.7 Å². The number of fused-ring (bicyclic) bond motifs is 4. The lowest BCUT2D eigenvalue weighted by molar-refractivity contribution is 0.125. The minimum atomic E-state index is 0.942. The predicted octanol–water partition coefficient (Wildman–Crippen LogP) is 4.65. The van der Waals surface area contributed by atoms with Crippen molar-refractivity contribution in [3.8, 4) is 0 Å². The van der Waals surface area contributed by atoms with Gasteiger partial charge in [0.15, 0.2) is 0 Å². The predicted molar refractivity (Wildman–Crippen MR) is 71.6 cm³/mol. The first-order valence-electron chi connectivity index (χ1n) is 7.48. The maximum atomic E-state index is 2.52. The molecule has 4 aliphatic carbocycles. The molecule has 4 aliphatic rings. The zero-order valence-electron chi connectivity index (χ0n) is 10.6. The average molecular weight is 226 g/mol. The van der Waals surface area contributed by atoms with Gasteiger partial charge in [-0.2, -0.15) is 0 Å². The van der Waals surface area contributed by atoms with E-state index >= 15 is 0 Å². The van der Waals surface area contributed by atoms with E-state index in [0.29, 0.717) is 0 Å². The van der Waals surface area contributed by atoms with Crippen molar-refractivity contribution in [2.75, 3.05) is 0 Å². The number of rotatable bonds is 0. The van der Waals surface area contributed by atoms with E-state index in [-0.39, 0.29) is 0 Å². The van der Waals surface area contributed by atoms with Crippen molar-refractivity contribution in [3.05, 3.63) is 35.5 Å². The van der Waals surface area contributed by atoms with Gasteiger partial charge < -0.3 is 0 Å². The van der Waals surface area contributed by atoms with Crippen molar-refractivity contribution < 1.29 is 0 Å². The third kappa shape index (κ3) is 1.49. The van der Waals surface area contributed by atoms with Gasteiger partial charge in [-0.25, -0.2) is 0 Å². The Morgan fingerprint density at radius 3 is 2.94 bits per heavy atom. The molecular weight excluding hydrogens is 204 g/mol. The molecule has 4 atom stereocenters. The largest absolute Gasteiger partial charge is 0.0879 e. The van der Waals surface area contributed by atoms with E-state index in [1.165, 1.54) is 44.9 Å². The van der Waals surface area contributed by atoms with Crippen LogP contribution in [0.5, 0.6) is 0 Å². The molecule has 4 rings (SSSR count). The lowest BCUT2D eigenvalue weighted by atomic mass is 9.59. The molecule has 1 saturated carbocycles. The minimum Gasteiger partial charge on any atom is -0.0879 e. The van der Waals surface area contributed by atoms with Crippen LogP contribution in [0.2, 0.25) is 0 Å².